The van der Waals surface area contributed by atoms with E-state index in [1.807, 2.05) is 48.7 Å². The summed E-state index contributed by atoms with van der Waals surface area (Å²) in [5.41, 5.74) is 8.93. The van der Waals surface area contributed by atoms with Gasteiger partial charge in [-0.05, 0) is 54.8 Å². The number of carbonyl (C=O) groups is 1. The average molecular weight is 451 g/mol. The topological polar surface area (TPSA) is 83.3 Å². The number of rotatable bonds is 5. The minimum atomic E-state index is -0.250. The molecule has 0 aliphatic rings. The van der Waals surface area contributed by atoms with Crippen molar-refractivity contribution in [3.05, 3.63) is 89.6 Å². The molecule has 5 aromatic rings. The zero-order valence-electron chi connectivity index (χ0n) is 19.4. The molecule has 0 atom stereocenters. The van der Waals surface area contributed by atoms with Crippen LogP contribution in [-0.4, -0.2) is 27.4 Å². The standard InChI is InChI=1S/C27H26N6O/c1-17-13-22-23(14-18(17)2)33-24(20-9-11-21(12-10-20)31-27(34)28-3)16-30-26(33)25(32-22)29-15-19-7-5-4-6-8-19/h4-14,16H,15H2,1-3H3,(H,29,32)(H2,28,31,34). The third-order valence-corrected chi connectivity index (χ3v) is 6.01. The Kier molecular flexibility index (Phi) is 5.59. The molecule has 2 heterocycles. The number of nitrogens with zero attached hydrogens (tertiary/aromatic N) is 3. The number of aryl methyl sites for hydroxylation is 2. The van der Waals surface area contributed by atoms with Gasteiger partial charge in [-0.15, -0.1) is 0 Å². The lowest BCUT2D eigenvalue weighted by atomic mass is 10.1. The molecule has 0 aliphatic heterocycles. The van der Waals surface area contributed by atoms with E-state index in [2.05, 4.69) is 58.5 Å². The van der Waals surface area contributed by atoms with E-state index in [9.17, 15) is 4.79 Å². The van der Waals surface area contributed by atoms with Crippen molar-refractivity contribution in [1.29, 1.82) is 0 Å². The Labute approximate surface area is 197 Å². The number of amides is 2. The van der Waals surface area contributed by atoms with Gasteiger partial charge in [0.1, 0.15) is 0 Å². The van der Waals surface area contributed by atoms with Gasteiger partial charge in [-0.3, -0.25) is 4.40 Å². The quantitative estimate of drug-likeness (QED) is 0.329. The first kappa shape index (κ1) is 21.5. The van der Waals surface area contributed by atoms with E-state index in [0.29, 0.717) is 6.54 Å². The first-order valence-electron chi connectivity index (χ1n) is 11.2. The van der Waals surface area contributed by atoms with E-state index in [1.165, 1.54) is 16.7 Å². The highest BCUT2D eigenvalue weighted by Crippen LogP contribution is 2.30. The number of anilines is 2. The van der Waals surface area contributed by atoms with E-state index < -0.39 is 0 Å². The van der Waals surface area contributed by atoms with Gasteiger partial charge in [0.15, 0.2) is 11.5 Å². The molecule has 34 heavy (non-hydrogen) atoms. The van der Waals surface area contributed by atoms with Crippen LogP contribution < -0.4 is 16.0 Å². The minimum Gasteiger partial charge on any atom is -0.363 e. The number of nitrogens with one attached hydrogen (secondary N) is 3. The Bertz CT molecular complexity index is 1490. The lowest BCUT2D eigenvalue weighted by Gasteiger charge is -2.13. The van der Waals surface area contributed by atoms with Crippen LogP contribution in [0.1, 0.15) is 16.7 Å². The number of fused-ring (bicyclic) bond motifs is 3. The summed E-state index contributed by atoms with van der Waals surface area (Å²) < 4.78 is 2.16. The maximum Gasteiger partial charge on any atom is 0.318 e. The highest BCUT2D eigenvalue weighted by atomic mass is 16.2. The van der Waals surface area contributed by atoms with Gasteiger partial charge < -0.3 is 16.0 Å². The van der Waals surface area contributed by atoms with E-state index in [4.69, 9.17) is 9.97 Å². The first-order chi connectivity index (χ1) is 16.5. The van der Waals surface area contributed by atoms with Gasteiger partial charge in [0, 0.05) is 24.8 Å². The van der Waals surface area contributed by atoms with Crippen molar-refractivity contribution < 1.29 is 4.79 Å². The van der Waals surface area contributed by atoms with Gasteiger partial charge in [-0.2, -0.15) is 0 Å². The Balaban J connectivity index is 1.62. The van der Waals surface area contributed by atoms with Crippen molar-refractivity contribution in [2.45, 2.75) is 20.4 Å². The van der Waals surface area contributed by atoms with Crippen molar-refractivity contribution in [3.63, 3.8) is 0 Å². The molecule has 0 spiro atoms. The fraction of sp³-hybridized carbons (Fsp3) is 0.148. The second-order valence-corrected chi connectivity index (χ2v) is 8.31. The molecule has 2 amide bonds. The van der Waals surface area contributed by atoms with Gasteiger partial charge in [-0.25, -0.2) is 14.8 Å². The maximum absolute atomic E-state index is 11.6. The number of hydrogen-bond donors (Lipinski definition) is 3. The highest BCUT2D eigenvalue weighted by Gasteiger charge is 2.16. The lowest BCUT2D eigenvalue weighted by Crippen LogP contribution is -2.24. The second-order valence-electron chi connectivity index (χ2n) is 8.31. The van der Waals surface area contributed by atoms with Crippen LogP contribution in [0, 0.1) is 13.8 Å². The molecule has 0 saturated carbocycles. The van der Waals surface area contributed by atoms with Crippen LogP contribution in [0.15, 0.2) is 72.9 Å². The van der Waals surface area contributed by atoms with E-state index in [-0.39, 0.29) is 6.03 Å². The minimum absolute atomic E-state index is 0.250. The van der Waals surface area contributed by atoms with Crippen LogP contribution in [0.5, 0.6) is 0 Å². The number of aromatic nitrogens is 3. The molecule has 0 aliphatic carbocycles. The van der Waals surface area contributed by atoms with Crippen molar-refractivity contribution in [3.8, 4) is 11.3 Å². The van der Waals surface area contributed by atoms with Crippen LogP contribution in [0.2, 0.25) is 0 Å². The molecule has 5 rings (SSSR count). The molecule has 0 radical (unpaired) electrons. The predicted molar refractivity (Wildman–Crippen MR) is 137 cm³/mol. The van der Waals surface area contributed by atoms with Gasteiger partial charge in [0.2, 0.25) is 0 Å². The number of carbonyl (C=O) groups excluding carboxylic acids is 1. The number of imidazole rings is 1. The normalized spacial score (nSPS) is 11.0. The van der Waals surface area contributed by atoms with E-state index in [0.717, 1.165) is 39.4 Å². The number of hydrogen-bond acceptors (Lipinski definition) is 4. The Morgan fingerprint density at radius 2 is 1.71 bits per heavy atom. The lowest BCUT2D eigenvalue weighted by molar-refractivity contribution is 0.254. The Morgan fingerprint density at radius 1 is 0.971 bits per heavy atom. The summed E-state index contributed by atoms with van der Waals surface area (Å²) in [6, 6.07) is 22.0. The Hall–Kier alpha value is -4.39. The fourth-order valence-electron chi connectivity index (χ4n) is 4.01. The van der Waals surface area contributed by atoms with Crippen molar-refractivity contribution >= 4 is 34.2 Å². The third-order valence-electron chi connectivity index (χ3n) is 6.01. The third kappa shape index (κ3) is 4.03. The van der Waals surface area contributed by atoms with Crippen LogP contribution in [0.4, 0.5) is 16.3 Å². The summed E-state index contributed by atoms with van der Waals surface area (Å²) in [7, 11) is 1.59. The van der Waals surface area contributed by atoms with Crippen LogP contribution in [0.3, 0.4) is 0 Å². The van der Waals surface area contributed by atoms with E-state index in [1.54, 1.807) is 7.05 Å². The Morgan fingerprint density at radius 3 is 2.44 bits per heavy atom. The molecule has 0 saturated heterocycles. The molecular weight excluding hydrogens is 424 g/mol. The molecule has 0 bridgehead atoms. The largest absolute Gasteiger partial charge is 0.363 e. The summed E-state index contributed by atoms with van der Waals surface area (Å²) in [5, 5.41) is 8.84. The number of urea groups is 1. The molecule has 3 N–H and O–H groups in total. The monoisotopic (exact) mass is 450 g/mol. The average Bonchev–Trinajstić information content (AvgIpc) is 3.30. The zero-order chi connectivity index (χ0) is 23.7. The summed E-state index contributed by atoms with van der Waals surface area (Å²) in [4.78, 5) is 21.3. The van der Waals surface area contributed by atoms with Crippen molar-refractivity contribution in [2.75, 3.05) is 17.7 Å². The number of benzene rings is 3. The zero-order valence-corrected chi connectivity index (χ0v) is 19.4. The highest BCUT2D eigenvalue weighted by molar-refractivity contribution is 5.90. The molecule has 2 aromatic heterocycles. The maximum atomic E-state index is 11.6. The fourth-order valence-corrected chi connectivity index (χ4v) is 4.01. The summed E-state index contributed by atoms with van der Waals surface area (Å²) >= 11 is 0. The molecule has 3 aromatic carbocycles. The van der Waals surface area contributed by atoms with Crippen molar-refractivity contribution in [2.24, 2.45) is 0 Å². The van der Waals surface area contributed by atoms with Crippen LogP contribution in [0.25, 0.3) is 27.9 Å². The van der Waals surface area contributed by atoms with Gasteiger partial charge in [0.05, 0.1) is 22.9 Å². The molecule has 0 unspecified atom stereocenters. The smallest absolute Gasteiger partial charge is 0.318 e. The molecule has 7 heteroatoms. The predicted octanol–water partition coefficient (Wildman–Crippen LogP) is 5.53. The van der Waals surface area contributed by atoms with Gasteiger partial charge >= 0.3 is 6.03 Å². The van der Waals surface area contributed by atoms with Gasteiger partial charge in [-0.1, -0.05) is 42.5 Å². The van der Waals surface area contributed by atoms with E-state index >= 15 is 0 Å². The summed E-state index contributed by atoms with van der Waals surface area (Å²) in [6.07, 6.45) is 1.88. The van der Waals surface area contributed by atoms with Gasteiger partial charge in [0.25, 0.3) is 0 Å². The summed E-state index contributed by atoms with van der Waals surface area (Å²) in [5.74, 6) is 0.740. The molecule has 7 nitrogen and oxygen atoms in total. The first-order valence-corrected chi connectivity index (χ1v) is 11.2. The van der Waals surface area contributed by atoms with Crippen LogP contribution >= 0.6 is 0 Å². The SMILES string of the molecule is CNC(=O)Nc1ccc(-c2cnc3c(NCc4ccccc4)nc4cc(C)c(C)cc4n23)cc1. The molecular formula is C27H26N6O. The van der Waals surface area contributed by atoms with Crippen molar-refractivity contribution in [1.82, 2.24) is 19.7 Å². The summed E-state index contributed by atoms with van der Waals surface area (Å²) in [6.45, 7) is 4.87. The van der Waals surface area contributed by atoms with Crippen LogP contribution in [-0.2, 0) is 6.54 Å². The second kappa shape index (κ2) is 8.86. The molecule has 170 valence electrons. The molecule has 0 fully saturated rings.